The second kappa shape index (κ2) is 7.48. The van der Waals surface area contributed by atoms with Crippen molar-refractivity contribution in [3.05, 3.63) is 0 Å². The molecule has 16 heavy (non-hydrogen) atoms. The maximum atomic E-state index is 11.2. The van der Waals surface area contributed by atoms with E-state index in [1.165, 1.54) is 0 Å². The number of unbranched alkanes of at least 4 members (excludes halogenated alkanes) is 2. The molecule has 7 heteroatoms. The van der Waals surface area contributed by atoms with Crippen molar-refractivity contribution in [2.75, 3.05) is 13.7 Å². The molecule has 0 radical (unpaired) electrons. The summed E-state index contributed by atoms with van der Waals surface area (Å²) in [5.41, 5.74) is 0. The highest BCUT2D eigenvalue weighted by molar-refractivity contribution is 7.81. The first-order valence-electron chi connectivity index (χ1n) is 4.94. The average Bonchev–Trinajstić information content (AvgIpc) is 2.26. The summed E-state index contributed by atoms with van der Waals surface area (Å²) >= 11 is 0. The van der Waals surface area contributed by atoms with E-state index in [0.717, 1.165) is 20.0 Å². The van der Waals surface area contributed by atoms with E-state index in [4.69, 9.17) is 0 Å². The van der Waals surface area contributed by atoms with Crippen LogP contribution >= 0.6 is 0 Å². The van der Waals surface area contributed by atoms with Crippen molar-refractivity contribution in [1.29, 1.82) is 0 Å². The van der Waals surface area contributed by atoms with E-state index in [-0.39, 0.29) is 6.42 Å². The Kier molecular flexibility index (Phi) is 7.11. The lowest BCUT2D eigenvalue weighted by atomic mass is 10.1. The van der Waals surface area contributed by atoms with Crippen LogP contribution in [0.15, 0.2) is 0 Å². The van der Waals surface area contributed by atoms with Crippen molar-refractivity contribution < 1.29 is 26.4 Å². The minimum absolute atomic E-state index is 0.128. The fraction of sp³-hybridized carbons (Fsp3) is 0.778. The largest absolute Gasteiger partial charge is 0.400 e. The molecule has 0 rings (SSSR count). The van der Waals surface area contributed by atoms with Gasteiger partial charge in [-0.15, -0.1) is 0 Å². The van der Waals surface area contributed by atoms with Crippen molar-refractivity contribution >= 4 is 22.0 Å². The predicted octanol–water partition coefficient (Wildman–Crippen LogP) is 0.613. The number of ketones is 2. The fourth-order valence-corrected chi connectivity index (χ4v) is 1.28. The number of hydrogen-bond donors (Lipinski definition) is 0. The molecule has 0 aliphatic carbocycles. The lowest BCUT2D eigenvalue weighted by Crippen LogP contribution is -2.22. The molecule has 0 heterocycles. The van der Waals surface area contributed by atoms with E-state index in [1.54, 1.807) is 0 Å². The zero-order chi connectivity index (χ0) is 12.6. The standard InChI is InChI=1S/C9H16O6S/c1-3-4-5-6-8(10)9(11)7-15-16(12,13)14-2/h3-7H2,1-2H3. The van der Waals surface area contributed by atoms with Crippen molar-refractivity contribution in [2.45, 2.75) is 32.6 Å². The van der Waals surface area contributed by atoms with Crippen LogP contribution in [0.5, 0.6) is 0 Å². The summed E-state index contributed by atoms with van der Waals surface area (Å²) in [6, 6.07) is 0. The molecule has 0 saturated carbocycles. The van der Waals surface area contributed by atoms with Gasteiger partial charge in [-0.05, 0) is 6.42 Å². The number of rotatable bonds is 9. The van der Waals surface area contributed by atoms with Gasteiger partial charge in [-0.25, -0.2) is 4.18 Å². The quantitative estimate of drug-likeness (QED) is 0.441. The number of carbonyl (C=O) groups excluding carboxylic acids is 2. The van der Waals surface area contributed by atoms with Gasteiger partial charge in [0.05, 0.1) is 7.11 Å². The summed E-state index contributed by atoms with van der Waals surface area (Å²) in [7, 11) is -3.24. The maximum Gasteiger partial charge on any atom is 0.400 e. The Morgan fingerprint density at radius 1 is 1.12 bits per heavy atom. The molecule has 0 unspecified atom stereocenters. The molecule has 0 aromatic rings. The highest BCUT2D eigenvalue weighted by atomic mass is 32.3. The third kappa shape index (κ3) is 6.65. The number of carbonyl (C=O) groups is 2. The van der Waals surface area contributed by atoms with Crippen LogP contribution in [0.4, 0.5) is 0 Å². The second-order valence-corrected chi connectivity index (χ2v) is 4.53. The minimum Gasteiger partial charge on any atom is -0.291 e. The van der Waals surface area contributed by atoms with Crippen molar-refractivity contribution in [2.24, 2.45) is 0 Å². The molecule has 0 saturated heterocycles. The Labute approximate surface area is 95.3 Å². The maximum absolute atomic E-state index is 11.2. The van der Waals surface area contributed by atoms with E-state index in [1.807, 2.05) is 6.92 Å². The van der Waals surface area contributed by atoms with Crippen LogP contribution in [0, 0.1) is 0 Å². The molecule has 0 bridgehead atoms. The Balaban J connectivity index is 3.93. The van der Waals surface area contributed by atoms with Crippen LogP contribution in [0.3, 0.4) is 0 Å². The van der Waals surface area contributed by atoms with Crippen molar-refractivity contribution in [3.8, 4) is 0 Å². The molecule has 0 N–H and O–H groups in total. The van der Waals surface area contributed by atoms with E-state index >= 15 is 0 Å². The lowest BCUT2D eigenvalue weighted by molar-refractivity contribution is -0.137. The Morgan fingerprint density at radius 3 is 2.25 bits per heavy atom. The van der Waals surface area contributed by atoms with Gasteiger partial charge < -0.3 is 0 Å². The first-order valence-corrected chi connectivity index (χ1v) is 6.27. The summed E-state index contributed by atoms with van der Waals surface area (Å²) in [6.45, 7) is 1.18. The molecular weight excluding hydrogens is 236 g/mol. The van der Waals surface area contributed by atoms with Gasteiger partial charge in [0.1, 0.15) is 6.61 Å². The molecule has 6 nitrogen and oxygen atoms in total. The molecular formula is C9H16O6S. The third-order valence-corrected chi connectivity index (χ3v) is 2.67. The molecule has 0 aromatic heterocycles. The van der Waals surface area contributed by atoms with Gasteiger partial charge in [0, 0.05) is 6.42 Å². The topological polar surface area (TPSA) is 86.7 Å². The molecule has 0 spiro atoms. The van der Waals surface area contributed by atoms with E-state index < -0.39 is 28.6 Å². The van der Waals surface area contributed by atoms with Gasteiger partial charge in [0.15, 0.2) is 0 Å². The van der Waals surface area contributed by atoms with Crippen molar-refractivity contribution in [3.63, 3.8) is 0 Å². The zero-order valence-corrected chi connectivity index (χ0v) is 10.2. The van der Waals surface area contributed by atoms with Crippen LogP contribution in [-0.4, -0.2) is 33.7 Å². The van der Waals surface area contributed by atoms with Crippen LogP contribution in [0.1, 0.15) is 32.6 Å². The average molecular weight is 252 g/mol. The van der Waals surface area contributed by atoms with Crippen LogP contribution in [0.25, 0.3) is 0 Å². The summed E-state index contributed by atoms with van der Waals surface area (Å²) in [6.07, 6.45) is 2.55. The van der Waals surface area contributed by atoms with Crippen LogP contribution in [0.2, 0.25) is 0 Å². The third-order valence-electron chi connectivity index (χ3n) is 1.86. The van der Waals surface area contributed by atoms with Gasteiger partial charge in [-0.2, -0.15) is 8.42 Å². The highest BCUT2D eigenvalue weighted by Crippen LogP contribution is 2.01. The normalized spacial score (nSPS) is 11.4. The smallest absolute Gasteiger partial charge is 0.291 e. The first-order chi connectivity index (χ1) is 7.43. The second-order valence-electron chi connectivity index (χ2n) is 3.14. The van der Waals surface area contributed by atoms with Gasteiger partial charge in [-0.1, -0.05) is 19.8 Å². The molecule has 94 valence electrons. The van der Waals surface area contributed by atoms with E-state index in [9.17, 15) is 18.0 Å². The first kappa shape index (κ1) is 15.2. The van der Waals surface area contributed by atoms with Gasteiger partial charge in [0.25, 0.3) is 0 Å². The molecule has 0 atom stereocenters. The van der Waals surface area contributed by atoms with Gasteiger partial charge in [-0.3, -0.25) is 13.8 Å². The van der Waals surface area contributed by atoms with E-state index in [2.05, 4.69) is 8.37 Å². The number of Topliss-reactive ketones (excluding diaryl/α,β-unsaturated/α-hetero) is 2. The minimum atomic E-state index is -4.15. The molecule has 0 aromatic carbocycles. The summed E-state index contributed by atoms with van der Waals surface area (Å²) < 4.78 is 29.5. The molecule has 0 amide bonds. The fourth-order valence-electron chi connectivity index (χ4n) is 0.929. The highest BCUT2D eigenvalue weighted by Gasteiger charge is 2.17. The Bertz CT molecular complexity index is 332. The molecule has 0 aliphatic heterocycles. The SMILES string of the molecule is CCCCCC(=O)C(=O)COS(=O)(=O)OC. The Morgan fingerprint density at radius 2 is 1.75 bits per heavy atom. The zero-order valence-electron chi connectivity index (χ0n) is 9.39. The van der Waals surface area contributed by atoms with Gasteiger partial charge >= 0.3 is 10.4 Å². The molecule has 0 aliphatic rings. The number of hydrogen-bond acceptors (Lipinski definition) is 6. The van der Waals surface area contributed by atoms with Crippen LogP contribution in [-0.2, 0) is 28.4 Å². The van der Waals surface area contributed by atoms with Gasteiger partial charge in [0.2, 0.25) is 11.6 Å². The van der Waals surface area contributed by atoms with Crippen LogP contribution < -0.4 is 0 Å². The summed E-state index contributed by atoms with van der Waals surface area (Å²) in [5.74, 6) is -1.46. The Hall–Kier alpha value is -0.790. The van der Waals surface area contributed by atoms with E-state index in [0.29, 0.717) is 6.42 Å². The predicted molar refractivity (Wildman–Crippen MR) is 56.0 cm³/mol. The lowest BCUT2D eigenvalue weighted by Gasteiger charge is -2.01. The van der Waals surface area contributed by atoms with Crippen molar-refractivity contribution in [1.82, 2.24) is 0 Å². The monoisotopic (exact) mass is 252 g/mol. The summed E-state index contributed by atoms with van der Waals surface area (Å²) in [4.78, 5) is 22.3. The summed E-state index contributed by atoms with van der Waals surface area (Å²) in [5, 5.41) is 0. The molecule has 0 fully saturated rings.